The van der Waals surface area contributed by atoms with Gasteiger partial charge in [-0.05, 0) is 18.4 Å². The normalized spacial score (nSPS) is 11.0. The lowest BCUT2D eigenvalue weighted by molar-refractivity contribution is 0.144. The van der Waals surface area contributed by atoms with Crippen LogP contribution >= 0.6 is 23.4 Å². The third-order valence-corrected chi connectivity index (χ3v) is 3.93. The van der Waals surface area contributed by atoms with E-state index < -0.39 is 6.16 Å². The van der Waals surface area contributed by atoms with Crippen LogP contribution in [0, 0.1) is 0 Å². The molecule has 3 aromatic rings. The summed E-state index contributed by atoms with van der Waals surface area (Å²) in [7, 11) is 0. The summed E-state index contributed by atoms with van der Waals surface area (Å²) in [6.45, 7) is 0. The molecule has 1 aromatic carbocycles. The molecular formula is C12H9ClN4O3S. The number of carboxylic acid groups (broad SMARTS) is 1. The lowest BCUT2D eigenvalue weighted by atomic mass is 10.3. The number of benzene rings is 1. The first-order chi connectivity index (χ1) is 10.1. The maximum atomic E-state index is 10.5. The molecule has 0 atom stereocenters. The van der Waals surface area contributed by atoms with Gasteiger partial charge in [0.05, 0.1) is 28.4 Å². The maximum Gasteiger partial charge on any atom is 0.511 e. The van der Waals surface area contributed by atoms with Crippen molar-refractivity contribution in [3.05, 3.63) is 29.5 Å². The minimum absolute atomic E-state index is 0.116. The van der Waals surface area contributed by atoms with Crippen LogP contribution < -0.4 is 4.74 Å². The monoisotopic (exact) mass is 324 g/mol. The average molecular weight is 325 g/mol. The van der Waals surface area contributed by atoms with Crippen molar-refractivity contribution in [3.8, 4) is 11.7 Å². The molecule has 0 amide bonds. The summed E-state index contributed by atoms with van der Waals surface area (Å²) < 4.78 is 5.91. The summed E-state index contributed by atoms with van der Waals surface area (Å²) in [6, 6.07) is 3.66. The third kappa shape index (κ3) is 2.67. The number of aromatic nitrogens is 4. The molecule has 7 nitrogen and oxygen atoms in total. The summed E-state index contributed by atoms with van der Waals surface area (Å²) in [6.07, 6.45) is 3.25. The predicted molar refractivity (Wildman–Crippen MR) is 78.7 cm³/mol. The van der Waals surface area contributed by atoms with Crippen molar-refractivity contribution in [2.24, 2.45) is 0 Å². The fourth-order valence-corrected chi connectivity index (χ4v) is 2.72. The van der Waals surface area contributed by atoms with Crippen molar-refractivity contribution in [1.29, 1.82) is 0 Å². The first-order valence-corrected chi connectivity index (χ1v) is 7.36. The highest BCUT2D eigenvalue weighted by atomic mass is 35.5. The van der Waals surface area contributed by atoms with Gasteiger partial charge in [-0.3, -0.25) is 0 Å². The first kappa shape index (κ1) is 13.8. The van der Waals surface area contributed by atoms with Gasteiger partial charge in [0.25, 0.3) is 0 Å². The summed E-state index contributed by atoms with van der Waals surface area (Å²) in [5.41, 5.74) is 1.51. The number of halogens is 1. The largest absolute Gasteiger partial charge is 0.511 e. The van der Waals surface area contributed by atoms with E-state index in [0.717, 1.165) is 15.9 Å². The highest BCUT2D eigenvalue weighted by Crippen LogP contribution is 2.29. The van der Waals surface area contributed by atoms with Crippen LogP contribution in [-0.2, 0) is 0 Å². The molecule has 9 heteroatoms. The van der Waals surface area contributed by atoms with E-state index in [-0.39, 0.29) is 5.75 Å². The van der Waals surface area contributed by atoms with Crippen LogP contribution in [-0.4, -0.2) is 37.3 Å². The van der Waals surface area contributed by atoms with Crippen molar-refractivity contribution >= 4 is 40.6 Å². The summed E-state index contributed by atoms with van der Waals surface area (Å²) in [5.74, 6) is 0.561. The SMILES string of the molecule is CSc1cc2nc(-n3cc(OC(=O)O)cn3)[nH]c2cc1Cl. The van der Waals surface area contributed by atoms with Crippen LogP contribution in [0.15, 0.2) is 29.4 Å². The van der Waals surface area contributed by atoms with Gasteiger partial charge in [-0.2, -0.15) is 5.10 Å². The smallest absolute Gasteiger partial charge is 0.449 e. The number of fused-ring (bicyclic) bond motifs is 1. The van der Waals surface area contributed by atoms with Crippen molar-refractivity contribution in [2.75, 3.05) is 6.26 Å². The molecule has 0 saturated carbocycles. The Bertz CT molecular complexity index is 829. The number of nitrogens with one attached hydrogen (secondary N) is 1. The average Bonchev–Trinajstić information content (AvgIpc) is 3.03. The van der Waals surface area contributed by atoms with Gasteiger partial charge in [0.15, 0.2) is 5.75 Å². The van der Waals surface area contributed by atoms with Crippen molar-refractivity contribution in [3.63, 3.8) is 0 Å². The fraction of sp³-hybridized carbons (Fsp3) is 0.0833. The Labute approximate surface area is 127 Å². The zero-order valence-corrected chi connectivity index (χ0v) is 12.3. The van der Waals surface area contributed by atoms with E-state index in [1.807, 2.05) is 12.3 Å². The Balaban J connectivity index is 2.00. The second-order valence-electron chi connectivity index (χ2n) is 4.05. The number of H-pyrrole nitrogens is 1. The van der Waals surface area contributed by atoms with Crippen LogP contribution in [0.2, 0.25) is 5.02 Å². The number of hydrogen-bond acceptors (Lipinski definition) is 5. The Morgan fingerprint density at radius 2 is 2.33 bits per heavy atom. The van der Waals surface area contributed by atoms with Crippen LogP contribution in [0.5, 0.6) is 5.75 Å². The highest BCUT2D eigenvalue weighted by Gasteiger charge is 2.11. The Morgan fingerprint density at radius 1 is 1.52 bits per heavy atom. The van der Waals surface area contributed by atoms with Gasteiger partial charge in [-0.1, -0.05) is 11.6 Å². The molecule has 0 aliphatic rings. The van der Waals surface area contributed by atoms with E-state index in [4.69, 9.17) is 16.7 Å². The highest BCUT2D eigenvalue weighted by molar-refractivity contribution is 7.98. The number of imidazole rings is 1. The molecule has 0 fully saturated rings. The van der Waals surface area contributed by atoms with Crippen LogP contribution in [0.3, 0.4) is 0 Å². The van der Waals surface area contributed by atoms with Crippen molar-refractivity contribution < 1.29 is 14.6 Å². The van der Waals surface area contributed by atoms with Gasteiger partial charge >= 0.3 is 6.16 Å². The van der Waals surface area contributed by atoms with Crippen LogP contribution in [0.25, 0.3) is 17.0 Å². The summed E-state index contributed by atoms with van der Waals surface area (Å²) in [5, 5.41) is 13.2. The van der Waals surface area contributed by atoms with Crippen LogP contribution in [0.1, 0.15) is 0 Å². The molecule has 0 saturated heterocycles. The molecule has 21 heavy (non-hydrogen) atoms. The quantitative estimate of drug-likeness (QED) is 0.567. The molecule has 0 bridgehead atoms. The molecular weight excluding hydrogens is 316 g/mol. The number of carbonyl (C=O) groups is 1. The molecule has 3 rings (SSSR count). The van der Waals surface area contributed by atoms with Gasteiger partial charge < -0.3 is 14.8 Å². The number of thioether (sulfide) groups is 1. The molecule has 2 N–H and O–H groups in total. The zero-order valence-electron chi connectivity index (χ0n) is 10.7. The van der Waals surface area contributed by atoms with Gasteiger partial charge in [0, 0.05) is 4.90 Å². The Kier molecular flexibility index (Phi) is 3.48. The van der Waals surface area contributed by atoms with E-state index >= 15 is 0 Å². The summed E-state index contributed by atoms with van der Waals surface area (Å²) in [4.78, 5) is 18.9. The molecule has 2 heterocycles. The predicted octanol–water partition coefficient (Wildman–Crippen LogP) is 3.18. The van der Waals surface area contributed by atoms with E-state index in [9.17, 15) is 4.79 Å². The van der Waals surface area contributed by atoms with Gasteiger partial charge in [0.1, 0.15) is 0 Å². The lowest BCUT2D eigenvalue weighted by Crippen LogP contribution is -2.02. The first-order valence-electron chi connectivity index (χ1n) is 5.76. The van der Waals surface area contributed by atoms with E-state index in [2.05, 4.69) is 19.8 Å². The lowest BCUT2D eigenvalue weighted by Gasteiger charge is -1.98. The van der Waals surface area contributed by atoms with Crippen molar-refractivity contribution in [1.82, 2.24) is 19.7 Å². The zero-order chi connectivity index (χ0) is 15.0. The minimum Gasteiger partial charge on any atom is -0.449 e. The molecule has 2 aromatic heterocycles. The Hall–Kier alpha value is -2.19. The van der Waals surface area contributed by atoms with Crippen molar-refractivity contribution in [2.45, 2.75) is 4.90 Å². The minimum atomic E-state index is -1.39. The fourth-order valence-electron chi connectivity index (χ4n) is 1.84. The van der Waals surface area contributed by atoms with Gasteiger partial charge in [-0.25, -0.2) is 14.5 Å². The summed E-state index contributed by atoms with van der Waals surface area (Å²) >= 11 is 7.68. The molecule has 0 unspecified atom stereocenters. The number of nitrogens with zero attached hydrogens (tertiary/aromatic N) is 3. The number of ether oxygens (including phenoxy) is 1. The van der Waals surface area contributed by atoms with E-state index in [0.29, 0.717) is 11.0 Å². The number of rotatable bonds is 3. The van der Waals surface area contributed by atoms with E-state index in [1.165, 1.54) is 28.8 Å². The molecule has 108 valence electrons. The second-order valence-corrected chi connectivity index (χ2v) is 5.31. The molecule has 0 spiro atoms. The number of hydrogen-bond donors (Lipinski definition) is 2. The Morgan fingerprint density at radius 3 is 3.05 bits per heavy atom. The third-order valence-electron chi connectivity index (χ3n) is 2.72. The topological polar surface area (TPSA) is 93.0 Å². The van der Waals surface area contributed by atoms with Gasteiger partial charge in [-0.15, -0.1) is 11.8 Å². The number of aromatic amines is 1. The molecule has 0 radical (unpaired) electrons. The maximum absolute atomic E-state index is 10.5. The van der Waals surface area contributed by atoms with Gasteiger partial charge in [0.2, 0.25) is 5.95 Å². The van der Waals surface area contributed by atoms with Crippen LogP contribution in [0.4, 0.5) is 4.79 Å². The van der Waals surface area contributed by atoms with E-state index in [1.54, 1.807) is 6.07 Å². The standard InChI is InChI=1S/C12H9ClN4O3S/c1-21-10-3-9-8(2-7(10)13)15-11(16-9)17-5-6(4-14-17)20-12(18)19/h2-5H,1H3,(H,15,16)(H,18,19). The molecule has 0 aliphatic heterocycles. The second kappa shape index (κ2) is 5.30. The molecule has 0 aliphatic carbocycles.